The van der Waals surface area contributed by atoms with Crippen LogP contribution in [-0.2, 0) is 4.79 Å². The van der Waals surface area contributed by atoms with E-state index in [0.29, 0.717) is 19.1 Å². The van der Waals surface area contributed by atoms with Gasteiger partial charge in [-0.25, -0.2) is 0 Å². The fourth-order valence-corrected chi connectivity index (χ4v) is 2.62. The monoisotopic (exact) mass is 289 g/mol. The summed E-state index contributed by atoms with van der Waals surface area (Å²) in [4.78, 5) is 12.1. The molecule has 1 aromatic rings. The molecule has 114 valence electrons. The van der Waals surface area contributed by atoms with Gasteiger partial charge in [0.1, 0.15) is 0 Å². The molecule has 3 rings (SSSR count). The van der Waals surface area contributed by atoms with E-state index in [-0.39, 0.29) is 17.9 Å². The number of amides is 1. The van der Waals surface area contributed by atoms with Crippen molar-refractivity contribution in [1.82, 2.24) is 5.32 Å². The van der Waals surface area contributed by atoms with Crippen LogP contribution in [0.2, 0.25) is 0 Å². The second-order valence-corrected chi connectivity index (χ2v) is 6.26. The molecular formula is C17H23NO3. The molecule has 4 heteroatoms. The summed E-state index contributed by atoms with van der Waals surface area (Å²) in [5, 5.41) is 3.18. The van der Waals surface area contributed by atoms with Gasteiger partial charge in [-0.2, -0.15) is 0 Å². The highest BCUT2D eigenvalue weighted by atomic mass is 16.5. The Morgan fingerprint density at radius 3 is 2.57 bits per heavy atom. The molecule has 0 unspecified atom stereocenters. The minimum absolute atomic E-state index is 0.0234. The minimum atomic E-state index is 0.0234. The zero-order chi connectivity index (χ0) is 14.8. The van der Waals surface area contributed by atoms with Crippen molar-refractivity contribution in [3.8, 4) is 11.5 Å². The average molecular weight is 289 g/mol. The SMILES string of the molecule is CC(C)[C@H](NC(=O)C1CC1)c1ccc2c(c1)OCCCO2. The summed E-state index contributed by atoms with van der Waals surface area (Å²) >= 11 is 0. The van der Waals surface area contributed by atoms with Gasteiger partial charge in [-0.3, -0.25) is 4.79 Å². The Morgan fingerprint density at radius 1 is 1.19 bits per heavy atom. The molecule has 0 bridgehead atoms. The second-order valence-electron chi connectivity index (χ2n) is 6.26. The molecule has 0 spiro atoms. The fraction of sp³-hybridized carbons (Fsp3) is 0.588. The van der Waals surface area contributed by atoms with Crippen LogP contribution in [0.5, 0.6) is 11.5 Å². The predicted molar refractivity (Wildman–Crippen MR) is 80.5 cm³/mol. The van der Waals surface area contributed by atoms with Gasteiger partial charge in [-0.05, 0) is 36.5 Å². The van der Waals surface area contributed by atoms with Gasteiger partial charge >= 0.3 is 0 Å². The molecule has 1 aromatic carbocycles. The summed E-state index contributed by atoms with van der Waals surface area (Å²) in [6, 6.07) is 6.02. The van der Waals surface area contributed by atoms with E-state index in [2.05, 4.69) is 19.2 Å². The second kappa shape index (κ2) is 5.96. The van der Waals surface area contributed by atoms with Crippen LogP contribution in [0.1, 0.15) is 44.7 Å². The lowest BCUT2D eigenvalue weighted by molar-refractivity contribution is -0.123. The first kappa shape index (κ1) is 14.2. The van der Waals surface area contributed by atoms with Gasteiger partial charge in [-0.1, -0.05) is 19.9 Å². The molecule has 1 aliphatic heterocycles. The molecule has 1 fully saturated rings. The Hall–Kier alpha value is -1.71. The molecule has 0 aromatic heterocycles. The van der Waals surface area contributed by atoms with Crippen LogP contribution in [0, 0.1) is 11.8 Å². The average Bonchev–Trinajstić information content (AvgIpc) is 3.29. The maximum Gasteiger partial charge on any atom is 0.223 e. The predicted octanol–water partition coefficient (Wildman–Crippen LogP) is 3.07. The normalized spacial score (nSPS) is 19.0. The van der Waals surface area contributed by atoms with Gasteiger partial charge < -0.3 is 14.8 Å². The maximum absolute atomic E-state index is 12.1. The molecule has 1 N–H and O–H groups in total. The Bertz CT molecular complexity index is 523. The van der Waals surface area contributed by atoms with Crippen molar-refractivity contribution < 1.29 is 14.3 Å². The largest absolute Gasteiger partial charge is 0.490 e. The molecule has 1 aliphatic carbocycles. The Labute approximate surface area is 125 Å². The molecule has 4 nitrogen and oxygen atoms in total. The summed E-state index contributed by atoms with van der Waals surface area (Å²) in [6.07, 6.45) is 2.95. The van der Waals surface area contributed by atoms with Crippen molar-refractivity contribution in [3.05, 3.63) is 23.8 Å². The maximum atomic E-state index is 12.1. The van der Waals surface area contributed by atoms with E-state index in [1.807, 2.05) is 18.2 Å². The number of benzene rings is 1. The number of ether oxygens (including phenoxy) is 2. The van der Waals surface area contributed by atoms with Crippen molar-refractivity contribution in [3.63, 3.8) is 0 Å². The summed E-state index contributed by atoms with van der Waals surface area (Å²) < 4.78 is 11.4. The highest BCUT2D eigenvalue weighted by Crippen LogP contribution is 2.35. The number of hydrogen-bond acceptors (Lipinski definition) is 3. The molecule has 1 heterocycles. The van der Waals surface area contributed by atoms with Crippen molar-refractivity contribution in [2.45, 2.75) is 39.2 Å². The number of hydrogen-bond donors (Lipinski definition) is 1. The zero-order valence-electron chi connectivity index (χ0n) is 12.7. The summed E-state index contributed by atoms with van der Waals surface area (Å²) in [5.74, 6) is 2.33. The summed E-state index contributed by atoms with van der Waals surface area (Å²) in [5.41, 5.74) is 1.09. The van der Waals surface area contributed by atoms with Gasteiger partial charge in [0.05, 0.1) is 19.3 Å². The minimum Gasteiger partial charge on any atom is -0.490 e. The first-order valence-electron chi connectivity index (χ1n) is 7.85. The van der Waals surface area contributed by atoms with Crippen molar-refractivity contribution in [2.24, 2.45) is 11.8 Å². The Morgan fingerprint density at radius 2 is 1.90 bits per heavy atom. The lowest BCUT2D eigenvalue weighted by atomic mass is 9.95. The van der Waals surface area contributed by atoms with Crippen molar-refractivity contribution >= 4 is 5.91 Å². The molecule has 2 aliphatic rings. The lowest BCUT2D eigenvalue weighted by Gasteiger charge is -2.24. The molecular weight excluding hydrogens is 266 g/mol. The van der Waals surface area contributed by atoms with Crippen LogP contribution in [0.4, 0.5) is 0 Å². The zero-order valence-corrected chi connectivity index (χ0v) is 12.7. The van der Waals surface area contributed by atoms with Crippen LogP contribution in [-0.4, -0.2) is 19.1 Å². The van der Waals surface area contributed by atoms with E-state index in [1.54, 1.807) is 0 Å². The van der Waals surface area contributed by atoms with Gasteiger partial charge in [0.15, 0.2) is 11.5 Å². The topological polar surface area (TPSA) is 47.6 Å². The molecule has 21 heavy (non-hydrogen) atoms. The lowest BCUT2D eigenvalue weighted by Crippen LogP contribution is -2.32. The van der Waals surface area contributed by atoms with Crippen LogP contribution in [0.25, 0.3) is 0 Å². The van der Waals surface area contributed by atoms with Gasteiger partial charge in [0.25, 0.3) is 0 Å². The Balaban J connectivity index is 1.81. The van der Waals surface area contributed by atoms with E-state index >= 15 is 0 Å². The fourth-order valence-electron chi connectivity index (χ4n) is 2.62. The number of carbonyl (C=O) groups excluding carboxylic acids is 1. The third kappa shape index (κ3) is 3.31. The van der Waals surface area contributed by atoms with Crippen molar-refractivity contribution in [2.75, 3.05) is 13.2 Å². The Kier molecular flexibility index (Phi) is 4.04. The van der Waals surface area contributed by atoms with E-state index < -0.39 is 0 Å². The third-order valence-electron chi connectivity index (χ3n) is 4.04. The van der Waals surface area contributed by atoms with Crippen molar-refractivity contribution in [1.29, 1.82) is 0 Å². The van der Waals surface area contributed by atoms with Gasteiger partial charge in [0, 0.05) is 12.3 Å². The van der Waals surface area contributed by atoms with E-state index in [9.17, 15) is 4.79 Å². The van der Waals surface area contributed by atoms with E-state index in [1.165, 1.54) is 0 Å². The van der Waals surface area contributed by atoms with E-state index in [0.717, 1.165) is 36.3 Å². The van der Waals surface area contributed by atoms with Gasteiger partial charge in [0.2, 0.25) is 5.91 Å². The number of rotatable bonds is 4. The van der Waals surface area contributed by atoms with Crippen LogP contribution in [0.3, 0.4) is 0 Å². The van der Waals surface area contributed by atoms with Crippen LogP contribution >= 0.6 is 0 Å². The van der Waals surface area contributed by atoms with Gasteiger partial charge in [-0.15, -0.1) is 0 Å². The molecule has 1 saturated carbocycles. The third-order valence-corrected chi connectivity index (χ3v) is 4.04. The summed E-state index contributed by atoms with van der Waals surface area (Å²) in [6.45, 7) is 5.62. The highest BCUT2D eigenvalue weighted by Gasteiger charge is 2.32. The summed E-state index contributed by atoms with van der Waals surface area (Å²) in [7, 11) is 0. The molecule has 0 radical (unpaired) electrons. The molecule has 1 atom stereocenters. The standard InChI is InChI=1S/C17H23NO3/c1-11(2)16(18-17(19)12-4-5-12)13-6-7-14-15(10-13)21-9-3-8-20-14/h6-7,10-12,16H,3-5,8-9H2,1-2H3,(H,18,19)/t16-/m0/s1. The number of nitrogens with one attached hydrogen (secondary N) is 1. The first-order chi connectivity index (χ1) is 10.1. The molecule has 0 saturated heterocycles. The quantitative estimate of drug-likeness (QED) is 0.926. The van der Waals surface area contributed by atoms with Crippen LogP contribution < -0.4 is 14.8 Å². The highest BCUT2D eigenvalue weighted by molar-refractivity contribution is 5.81. The number of carbonyl (C=O) groups is 1. The van der Waals surface area contributed by atoms with Crippen LogP contribution in [0.15, 0.2) is 18.2 Å². The number of fused-ring (bicyclic) bond motifs is 1. The molecule has 1 amide bonds. The first-order valence-corrected chi connectivity index (χ1v) is 7.85. The van der Waals surface area contributed by atoms with E-state index in [4.69, 9.17) is 9.47 Å². The smallest absolute Gasteiger partial charge is 0.223 e.